The molecule has 0 bridgehead atoms. The van der Waals surface area contributed by atoms with E-state index in [4.69, 9.17) is 0 Å². The molecule has 3 rings (SSSR count). The van der Waals surface area contributed by atoms with Crippen molar-refractivity contribution in [1.29, 1.82) is 0 Å². The number of aromatic nitrogens is 3. The van der Waals surface area contributed by atoms with Crippen LogP contribution >= 0.6 is 0 Å². The number of aromatic amines is 1. The van der Waals surface area contributed by atoms with E-state index < -0.39 is 0 Å². The summed E-state index contributed by atoms with van der Waals surface area (Å²) in [6, 6.07) is 7.37. The number of H-pyrrole nitrogens is 1. The van der Waals surface area contributed by atoms with E-state index in [1.165, 1.54) is 6.07 Å². The molecule has 2 heterocycles. The second-order valence-corrected chi connectivity index (χ2v) is 4.91. The van der Waals surface area contributed by atoms with Crippen LogP contribution in [-0.4, -0.2) is 15.0 Å². The largest absolute Gasteiger partial charge is 0.364 e. The topological polar surface area (TPSA) is 70.7 Å². The summed E-state index contributed by atoms with van der Waals surface area (Å²) in [4.78, 5) is 23.2. The number of aryl methyl sites for hydroxylation is 1. The number of nitrogens with one attached hydrogen (secondary N) is 2. The molecule has 1 aliphatic carbocycles. The molecule has 0 unspecified atom stereocenters. The van der Waals surface area contributed by atoms with Gasteiger partial charge in [0.25, 0.3) is 5.56 Å². The number of hydrogen-bond donors (Lipinski definition) is 2. The predicted octanol–water partition coefficient (Wildman–Crippen LogP) is 1.96. The maximum Gasteiger partial charge on any atom is 0.252 e. The van der Waals surface area contributed by atoms with Crippen molar-refractivity contribution in [2.24, 2.45) is 0 Å². The first-order valence-corrected chi connectivity index (χ1v) is 6.48. The molecule has 1 saturated carbocycles. The molecule has 2 aromatic heterocycles. The molecule has 0 atom stereocenters. The third kappa shape index (κ3) is 2.99. The number of rotatable bonds is 4. The van der Waals surface area contributed by atoms with Gasteiger partial charge in [-0.2, -0.15) is 0 Å². The molecule has 0 aromatic carbocycles. The Morgan fingerprint density at radius 1 is 1.37 bits per heavy atom. The summed E-state index contributed by atoms with van der Waals surface area (Å²) in [5, 5.41) is 3.16. The highest BCUT2D eigenvalue weighted by atomic mass is 16.1. The van der Waals surface area contributed by atoms with E-state index >= 15 is 0 Å². The predicted molar refractivity (Wildman–Crippen MR) is 73.1 cm³/mol. The first-order valence-electron chi connectivity index (χ1n) is 6.48. The molecule has 5 nitrogen and oxygen atoms in total. The summed E-state index contributed by atoms with van der Waals surface area (Å²) in [6.45, 7) is 2.53. The van der Waals surface area contributed by atoms with Crippen LogP contribution in [0, 0.1) is 6.92 Å². The van der Waals surface area contributed by atoms with E-state index in [1.54, 1.807) is 0 Å². The Morgan fingerprint density at radius 3 is 2.95 bits per heavy atom. The van der Waals surface area contributed by atoms with Gasteiger partial charge in [0.05, 0.1) is 12.2 Å². The van der Waals surface area contributed by atoms with Crippen LogP contribution in [0.4, 0.5) is 5.82 Å². The molecule has 0 spiro atoms. The summed E-state index contributed by atoms with van der Waals surface area (Å²) in [5.74, 6) is 1.85. The van der Waals surface area contributed by atoms with Crippen molar-refractivity contribution in [1.82, 2.24) is 15.0 Å². The van der Waals surface area contributed by atoms with Gasteiger partial charge in [-0.3, -0.25) is 9.78 Å². The van der Waals surface area contributed by atoms with Crippen molar-refractivity contribution >= 4 is 5.82 Å². The second kappa shape index (κ2) is 4.84. The summed E-state index contributed by atoms with van der Waals surface area (Å²) in [6.07, 6.45) is 2.23. The van der Waals surface area contributed by atoms with Crippen molar-refractivity contribution < 1.29 is 0 Å². The molecular formula is C14H16N4O. The molecule has 1 aliphatic rings. The van der Waals surface area contributed by atoms with E-state index in [0.29, 0.717) is 18.3 Å². The zero-order chi connectivity index (χ0) is 13.2. The summed E-state index contributed by atoms with van der Waals surface area (Å²) >= 11 is 0. The standard InChI is InChI=1S/C14H16N4O/c1-9-3-2-4-11(16-9)8-15-12-7-13(19)18-14(17-12)10-5-6-10/h2-4,7,10H,5-6,8H2,1H3,(H2,15,17,18,19). The van der Waals surface area contributed by atoms with Crippen molar-refractivity contribution in [3.05, 3.63) is 51.8 Å². The minimum absolute atomic E-state index is 0.100. The molecule has 5 heteroatoms. The van der Waals surface area contributed by atoms with Crippen LogP contribution < -0.4 is 10.9 Å². The third-order valence-electron chi connectivity index (χ3n) is 3.12. The van der Waals surface area contributed by atoms with Gasteiger partial charge < -0.3 is 10.3 Å². The smallest absolute Gasteiger partial charge is 0.252 e. The lowest BCUT2D eigenvalue weighted by Crippen LogP contribution is -2.13. The summed E-state index contributed by atoms with van der Waals surface area (Å²) in [5.41, 5.74) is 1.82. The molecule has 1 fully saturated rings. The fourth-order valence-corrected chi connectivity index (χ4v) is 2.00. The van der Waals surface area contributed by atoms with Crippen molar-refractivity contribution in [2.45, 2.75) is 32.2 Å². The van der Waals surface area contributed by atoms with Gasteiger partial charge in [0.2, 0.25) is 0 Å². The SMILES string of the molecule is Cc1cccc(CNc2cc(=O)[nH]c(C3CC3)n2)n1. The Hall–Kier alpha value is -2.17. The van der Waals surface area contributed by atoms with Gasteiger partial charge in [-0.1, -0.05) is 6.07 Å². The molecule has 98 valence electrons. The highest BCUT2D eigenvalue weighted by Gasteiger charge is 2.26. The van der Waals surface area contributed by atoms with Gasteiger partial charge in [-0.05, 0) is 31.9 Å². The molecule has 0 saturated heterocycles. The Balaban J connectivity index is 1.74. The first-order chi connectivity index (χ1) is 9.20. The number of nitrogens with zero attached hydrogens (tertiary/aromatic N) is 2. The van der Waals surface area contributed by atoms with Crippen LogP contribution in [0.15, 0.2) is 29.1 Å². The average Bonchev–Trinajstić information content (AvgIpc) is 3.20. The fraction of sp³-hybridized carbons (Fsp3) is 0.357. The van der Waals surface area contributed by atoms with Crippen LogP contribution in [0.1, 0.15) is 36.0 Å². The third-order valence-corrected chi connectivity index (χ3v) is 3.12. The van der Waals surface area contributed by atoms with Crippen molar-refractivity contribution in [3.63, 3.8) is 0 Å². The summed E-state index contributed by atoms with van der Waals surface area (Å²) in [7, 11) is 0. The molecule has 0 amide bonds. The van der Waals surface area contributed by atoms with Gasteiger partial charge >= 0.3 is 0 Å². The maximum atomic E-state index is 11.6. The maximum absolute atomic E-state index is 11.6. The number of pyridine rings is 1. The molecule has 2 aromatic rings. The normalized spacial score (nSPS) is 14.4. The Morgan fingerprint density at radius 2 is 2.21 bits per heavy atom. The highest BCUT2D eigenvalue weighted by Crippen LogP contribution is 2.37. The second-order valence-electron chi connectivity index (χ2n) is 4.91. The van der Waals surface area contributed by atoms with Gasteiger partial charge in [-0.15, -0.1) is 0 Å². The fourth-order valence-electron chi connectivity index (χ4n) is 2.00. The first kappa shape index (κ1) is 11.9. The lowest BCUT2D eigenvalue weighted by atomic mass is 10.3. The van der Waals surface area contributed by atoms with Crippen molar-refractivity contribution in [3.8, 4) is 0 Å². The Kier molecular flexibility index (Phi) is 3.03. The molecule has 0 radical (unpaired) electrons. The Bertz CT molecular complexity index is 646. The van der Waals surface area contributed by atoms with Crippen LogP contribution in [0.2, 0.25) is 0 Å². The number of anilines is 1. The van der Waals surface area contributed by atoms with E-state index in [-0.39, 0.29) is 5.56 Å². The zero-order valence-corrected chi connectivity index (χ0v) is 10.8. The van der Waals surface area contributed by atoms with Crippen LogP contribution in [0.25, 0.3) is 0 Å². The van der Waals surface area contributed by atoms with Gasteiger partial charge in [0.15, 0.2) is 0 Å². The zero-order valence-electron chi connectivity index (χ0n) is 10.8. The van der Waals surface area contributed by atoms with E-state index in [9.17, 15) is 4.79 Å². The minimum Gasteiger partial charge on any atom is -0.364 e. The highest BCUT2D eigenvalue weighted by molar-refractivity contribution is 5.34. The van der Waals surface area contributed by atoms with Gasteiger partial charge in [0, 0.05) is 17.7 Å². The lowest BCUT2D eigenvalue weighted by molar-refractivity contribution is 0.899. The van der Waals surface area contributed by atoms with Crippen LogP contribution in [0.5, 0.6) is 0 Å². The molecule has 2 N–H and O–H groups in total. The summed E-state index contributed by atoms with van der Waals surface area (Å²) < 4.78 is 0. The Labute approximate surface area is 111 Å². The van der Waals surface area contributed by atoms with E-state index in [2.05, 4.69) is 20.3 Å². The quantitative estimate of drug-likeness (QED) is 0.877. The van der Waals surface area contributed by atoms with Crippen LogP contribution in [-0.2, 0) is 6.54 Å². The lowest BCUT2D eigenvalue weighted by Gasteiger charge is -2.07. The number of hydrogen-bond acceptors (Lipinski definition) is 4. The minimum atomic E-state index is -0.100. The molecular weight excluding hydrogens is 240 g/mol. The van der Waals surface area contributed by atoms with E-state index in [0.717, 1.165) is 30.1 Å². The monoisotopic (exact) mass is 256 g/mol. The van der Waals surface area contributed by atoms with Crippen molar-refractivity contribution in [2.75, 3.05) is 5.32 Å². The van der Waals surface area contributed by atoms with Crippen LogP contribution in [0.3, 0.4) is 0 Å². The molecule has 0 aliphatic heterocycles. The van der Waals surface area contributed by atoms with Gasteiger partial charge in [-0.25, -0.2) is 4.98 Å². The molecule has 19 heavy (non-hydrogen) atoms. The van der Waals surface area contributed by atoms with Gasteiger partial charge in [0.1, 0.15) is 11.6 Å². The van der Waals surface area contributed by atoms with E-state index in [1.807, 2.05) is 25.1 Å². The average molecular weight is 256 g/mol.